The van der Waals surface area contributed by atoms with Crippen LogP contribution in [0.5, 0.6) is 0 Å². The van der Waals surface area contributed by atoms with Crippen molar-refractivity contribution in [2.24, 2.45) is 7.05 Å². The maximum absolute atomic E-state index is 12.7. The van der Waals surface area contributed by atoms with E-state index in [1.165, 1.54) is 5.56 Å². The summed E-state index contributed by atoms with van der Waals surface area (Å²) in [5.74, 6) is 2.85. The van der Waals surface area contributed by atoms with Crippen LogP contribution < -0.4 is 5.32 Å². The lowest BCUT2D eigenvalue weighted by Crippen LogP contribution is -2.15. The van der Waals surface area contributed by atoms with Gasteiger partial charge in [-0.3, -0.25) is 4.79 Å². The standard InChI is InChI=1S/C21H22N6O/c1-12-8-18(25-19(23-12)13-6-7-13)21(28)24-15-5-3-4-14(9-15)16-10-17(16)20-26-22-11-27(20)2/h3-5,8-9,11,13,16-17H,6-7,10H2,1-2H3,(H,24,28)/t16-,17-/m1/s1. The number of rotatable bonds is 5. The van der Waals surface area contributed by atoms with Crippen LogP contribution in [-0.2, 0) is 7.05 Å². The summed E-state index contributed by atoms with van der Waals surface area (Å²) in [6.45, 7) is 1.91. The van der Waals surface area contributed by atoms with E-state index in [9.17, 15) is 4.79 Å². The minimum Gasteiger partial charge on any atom is -0.321 e. The highest BCUT2D eigenvalue weighted by atomic mass is 16.1. The van der Waals surface area contributed by atoms with Gasteiger partial charge in [0.25, 0.3) is 5.91 Å². The van der Waals surface area contributed by atoms with Gasteiger partial charge in [0.05, 0.1) is 0 Å². The number of carbonyl (C=O) groups is 1. The van der Waals surface area contributed by atoms with Gasteiger partial charge in [0.15, 0.2) is 0 Å². The third-order valence-electron chi connectivity index (χ3n) is 5.49. The van der Waals surface area contributed by atoms with Gasteiger partial charge in [-0.05, 0) is 55.9 Å². The molecule has 28 heavy (non-hydrogen) atoms. The van der Waals surface area contributed by atoms with Crippen LogP contribution in [0.2, 0.25) is 0 Å². The Hall–Kier alpha value is -3.09. The molecule has 1 N–H and O–H groups in total. The molecule has 2 atom stereocenters. The van der Waals surface area contributed by atoms with E-state index in [1.54, 1.807) is 12.4 Å². The van der Waals surface area contributed by atoms with E-state index < -0.39 is 0 Å². The molecule has 2 fully saturated rings. The average molecular weight is 374 g/mol. The van der Waals surface area contributed by atoms with Crippen LogP contribution in [0.4, 0.5) is 5.69 Å². The van der Waals surface area contributed by atoms with E-state index in [4.69, 9.17) is 0 Å². The highest BCUT2D eigenvalue weighted by molar-refractivity contribution is 6.03. The Morgan fingerprint density at radius 3 is 2.79 bits per heavy atom. The van der Waals surface area contributed by atoms with Gasteiger partial charge in [-0.2, -0.15) is 0 Å². The topological polar surface area (TPSA) is 85.6 Å². The summed E-state index contributed by atoms with van der Waals surface area (Å²) in [7, 11) is 1.97. The molecule has 2 aromatic heterocycles. The number of amides is 1. The minimum atomic E-state index is -0.190. The second kappa shape index (κ2) is 6.51. The highest BCUT2D eigenvalue weighted by Gasteiger charge is 2.42. The first-order chi connectivity index (χ1) is 13.6. The third kappa shape index (κ3) is 3.28. The van der Waals surface area contributed by atoms with Crippen molar-refractivity contribution in [2.75, 3.05) is 5.32 Å². The molecule has 142 valence electrons. The second-order valence-electron chi connectivity index (χ2n) is 7.86. The molecule has 0 unspecified atom stereocenters. The number of aromatic nitrogens is 5. The fourth-order valence-electron chi connectivity index (χ4n) is 3.75. The van der Waals surface area contributed by atoms with Gasteiger partial charge in [-0.1, -0.05) is 12.1 Å². The summed E-state index contributed by atoms with van der Waals surface area (Å²) in [4.78, 5) is 21.7. The van der Waals surface area contributed by atoms with Crippen molar-refractivity contribution in [3.63, 3.8) is 0 Å². The number of nitrogens with one attached hydrogen (secondary N) is 1. The molecule has 2 aliphatic carbocycles. The normalized spacial score (nSPS) is 20.8. The lowest BCUT2D eigenvalue weighted by molar-refractivity contribution is 0.102. The molecule has 1 aromatic carbocycles. The summed E-state index contributed by atoms with van der Waals surface area (Å²) in [6, 6.07) is 9.80. The Kier molecular flexibility index (Phi) is 3.96. The van der Waals surface area contributed by atoms with Crippen molar-refractivity contribution in [2.45, 2.75) is 43.9 Å². The van der Waals surface area contributed by atoms with Crippen molar-refractivity contribution in [3.05, 3.63) is 65.3 Å². The summed E-state index contributed by atoms with van der Waals surface area (Å²) in [5.41, 5.74) is 3.27. The van der Waals surface area contributed by atoms with Gasteiger partial charge < -0.3 is 9.88 Å². The third-order valence-corrected chi connectivity index (χ3v) is 5.49. The van der Waals surface area contributed by atoms with E-state index in [2.05, 4.69) is 37.6 Å². The molecular formula is C21H22N6O. The zero-order chi connectivity index (χ0) is 19.3. The summed E-state index contributed by atoms with van der Waals surface area (Å²) >= 11 is 0. The zero-order valence-electron chi connectivity index (χ0n) is 16.0. The van der Waals surface area contributed by atoms with Crippen LogP contribution in [0.3, 0.4) is 0 Å². The number of carbonyl (C=O) groups excluding carboxylic acids is 1. The molecule has 3 aromatic rings. The molecule has 0 saturated heterocycles. The Morgan fingerprint density at radius 2 is 2.04 bits per heavy atom. The van der Waals surface area contributed by atoms with Gasteiger partial charge in [-0.25, -0.2) is 9.97 Å². The van der Waals surface area contributed by atoms with E-state index >= 15 is 0 Å². The molecule has 0 radical (unpaired) electrons. The predicted octanol–water partition coefficient (Wildman–Crippen LogP) is 3.31. The summed E-state index contributed by atoms with van der Waals surface area (Å²) in [5, 5.41) is 11.2. The summed E-state index contributed by atoms with van der Waals surface area (Å²) in [6.07, 6.45) is 5.02. The van der Waals surface area contributed by atoms with Crippen LogP contribution >= 0.6 is 0 Å². The van der Waals surface area contributed by atoms with Crippen LogP contribution in [-0.4, -0.2) is 30.6 Å². The molecular weight excluding hydrogens is 352 g/mol. The minimum absolute atomic E-state index is 0.190. The second-order valence-corrected chi connectivity index (χ2v) is 7.86. The van der Waals surface area contributed by atoms with Crippen LogP contribution in [0.15, 0.2) is 36.7 Å². The molecule has 2 saturated carbocycles. The van der Waals surface area contributed by atoms with Gasteiger partial charge >= 0.3 is 0 Å². The fourth-order valence-corrected chi connectivity index (χ4v) is 3.75. The van der Waals surface area contributed by atoms with Gasteiger partial charge in [-0.15, -0.1) is 10.2 Å². The first-order valence-electron chi connectivity index (χ1n) is 9.69. The van der Waals surface area contributed by atoms with Crippen molar-refractivity contribution in [1.29, 1.82) is 0 Å². The van der Waals surface area contributed by atoms with Crippen molar-refractivity contribution < 1.29 is 4.79 Å². The summed E-state index contributed by atoms with van der Waals surface area (Å²) < 4.78 is 1.98. The molecule has 7 heteroatoms. The first-order valence-corrected chi connectivity index (χ1v) is 9.69. The largest absolute Gasteiger partial charge is 0.321 e. The van der Waals surface area contributed by atoms with E-state index in [-0.39, 0.29) is 5.91 Å². The maximum atomic E-state index is 12.7. The maximum Gasteiger partial charge on any atom is 0.274 e. The molecule has 0 spiro atoms. The Labute approximate surface area is 163 Å². The fraction of sp³-hybridized carbons (Fsp3) is 0.381. The van der Waals surface area contributed by atoms with Crippen molar-refractivity contribution in [1.82, 2.24) is 24.7 Å². The molecule has 0 bridgehead atoms. The van der Waals surface area contributed by atoms with E-state index in [1.807, 2.05) is 30.7 Å². The number of hydrogen-bond donors (Lipinski definition) is 1. The van der Waals surface area contributed by atoms with Crippen LogP contribution in [0.1, 0.15) is 70.4 Å². The number of nitrogens with zero attached hydrogens (tertiary/aromatic N) is 5. The van der Waals surface area contributed by atoms with Gasteiger partial charge in [0, 0.05) is 30.3 Å². The Balaban J connectivity index is 1.32. The Bertz CT molecular complexity index is 1050. The smallest absolute Gasteiger partial charge is 0.274 e. The van der Waals surface area contributed by atoms with Gasteiger partial charge in [0.2, 0.25) is 0 Å². The van der Waals surface area contributed by atoms with E-state index in [0.717, 1.165) is 42.3 Å². The highest BCUT2D eigenvalue weighted by Crippen LogP contribution is 2.54. The average Bonchev–Trinajstić information content (AvgIpc) is 3.60. The number of hydrogen-bond acceptors (Lipinski definition) is 5. The SMILES string of the molecule is Cc1cc(C(=O)Nc2cccc([C@H]3C[C@H]3c3nncn3C)c2)nc(C2CC2)n1. The molecule has 1 amide bonds. The number of aryl methyl sites for hydroxylation is 2. The quantitative estimate of drug-likeness (QED) is 0.740. The van der Waals surface area contributed by atoms with Crippen LogP contribution in [0, 0.1) is 6.92 Å². The first kappa shape index (κ1) is 17.0. The lowest BCUT2D eigenvalue weighted by atomic mass is 10.1. The number of benzene rings is 1. The zero-order valence-corrected chi connectivity index (χ0v) is 16.0. The predicted molar refractivity (Wildman–Crippen MR) is 104 cm³/mol. The van der Waals surface area contributed by atoms with Crippen LogP contribution in [0.25, 0.3) is 0 Å². The van der Waals surface area contributed by atoms with Gasteiger partial charge in [0.1, 0.15) is 23.7 Å². The monoisotopic (exact) mass is 374 g/mol. The molecule has 5 rings (SSSR count). The van der Waals surface area contributed by atoms with Crippen molar-refractivity contribution in [3.8, 4) is 0 Å². The molecule has 7 nitrogen and oxygen atoms in total. The van der Waals surface area contributed by atoms with E-state index in [0.29, 0.717) is 23.4 Å². The Morgan fingerprint density at radius 1 is 1.18 bits per heavy atom. The van der Waals surface area contributed by atoms with Crippen molar-refractivity contribution >= 4 is 11.6 Å². The number of anilines is 1. The lowest BCUT2D eigenvalue weighted by Gasteiger charge is -2.09. The molecule has 0 aliphatic heterocycles. The molecule has 2 aliphatic rings. The molecule has 2 heterocycles.